The minimum atomic E-state index is -0.659. The molecule has 196 valence electrons. The predicted octanol–water partition coefficient (Wildman–Crippen LogP) is 4.82. The van der Waals surface area contributed by atoms with E-state index in [1.165, 1.54) is 20.3 Å². The molecule has 0 aliphatic carbocycles. The van der Waals surface area contributed by atoms with Crippen LogP contribution in [0.5, 0.6) is 23.0 Å². The van der Waals surface area contributed by atoms with Crippen LogP contribution in [-0.4, -0.2) is 45.9 Å². The van der Waals surface area contributed by atoms with E-state index >= 15 is 0 Å². The normalized spacial score (nSPS) is 11.2. The summed E-state index contributed by atoms with van der Waals surface area (Å²) in [6.45, 7) is 11.9. The second kappa shape index (κ2) is 15.5. The first-order valence-electron chi connectivity index (χ1n) is 11.5. The Balaban J connectivity index is 2.23. The second-order valence-corrected chi connectivity index (χ2v) is 7.59. The van der Waals surface area contributed by atoms with Crippen molar-refractivity contribution in [2.45, 2.75) is 12.5 Å². The molecule has 2 rings (SSSR count). The molecule has 8 heteroatoms. The summed E-state index contributed by atoms with van der Waals surface area (Å²) >= 11 is 0. The summed E-state index contributed by atoms with van der Waals surface area (Å²) in [6.07, 6.45) is 7.83. The van der Waals surface area contributed by atoms with Crippen LogP contribution in [0.25, 0.3) is 6.08 Å². The largest absolute Gasteiger partial charge is 0.493 e. The number of carbonyl (C=O) groups is 2. The SMILES string of the molecule is C=CCOc1ccc(C(CC(=O)OC)NC(=O)/C=C/c2ccc(OCC=C)c(OCC=C)c2)cc1OC. The Morgan fingerprint density at radius 3 is 2.03 bits per heavy atom. The number of benzene rings is 2. The Morgan fingerprint density at radius 2 is 1.43 bits per heavy atom. The maximum atomic E-state index is 12.8. The van der Waals surface area contributed by atoms with Crippen molar-refractivity contribution in [3.05, 3.63) is 91.6 Å². The van der Waals surface area contributed by atoms with Crippen LogP contribution in [0.15, 0.2) is 80.4 Å². The minimum absolute atomic E-state index is 0.0685. The van der Waals surface area contributed by atoms with E-state index in [1.54, 1.807) is 60.7 Å². The average Bonchev–Trinajstić information content (AvgIpc) is 2.92. The van der Waals surface area contributed by atoms with Crippen LogP contribution >= 0.6 is 0 Å². The molecule has 2 aromatic rings. The lowest BCUT2D eigenvalue weighted by Gasteiger charge is -2.19. The van der Waals surface area contributed by atoms with E-state index in [0.717, 1.165) is 5.56 Å². The first-order valence-corrected chi connectivity index (χ1v) is 11.5. The summed E-state index contributed by atoms with van der Waals surface area (Å²) in [5, 5.41) is 2.85. The first kappa shape index (κ1) is 28.8. The number of rotatable bonds is 16. The van der Waals surface area contributed by atoms with Crippen molar-refractivity contribution in [1.82, 2.24) is 5.32 Å². The highest BCUT2D eigenvalue weighted by atomic mass is 16.5. The lowest BCUT2D eigenvalue weighted by atomic mass is 10.0. The van der Waals surface area contributed by atoms with Crippen molar-refractivity contribution in [2.75, 3.05) is 34.0 Å². The molecule has 0 aliphatic heterocycles. The Hall–Kier alpha value is -4.46. The van der Waals surface area contributed by atoms with Gasteiger partial charge in [0.1, 0.15) is 19.8 Å². The van der Waals surface area contributed by atoms with Gasteiger partial charge < -0.3 is 29.0 Å². The zero-order valence-corrected chi connectivity index (χ0v) is 21.2. The molecule has 1 amide bonds. The van der Waals surface area contributed by atoms with Gasteiger partial charge in [0.05, 0.1) is 26.7 Å². The third-order valence-corrected chi connectivity index (χ3v) is 4.97. The van der Waals surface area contributed by atoms with Crippen LogP contribution < -0.4 is 24.3 Å². The van der Waals surface area contributed by atoms with Crippen LogP contribution in [0.4, 0.5) is 0 Å². The minimum Gasteiger partial charge on any atom is -0.493 e. The molecule has 8 nitrogen and oxygen atoms in total. The maximum Gasteiger partial charge on any atom is 0.307 e. The first-order chi connectivity index (χ1) is 17.9. The standard InChI is InChI=1S/C29H33NO7/c1-6-15-35-24-13-11-22(19-26(24)33-4)23(20-29(32)34-5)30-28(31)14-10-21-9-12-25(36-16-7-2)27(18-21)37-17-8-3/h6-14,18-19,23H,1-3,15-17,20H2,4-5H3,(H,30,31)/b14-10+. The molecule has 0 saturated carbocycles. The molecule has 0 spiro atoms. The van der Waals surface area contributed by atoms with E-state index in [4.69, 9.17) is 23.7 Å². The topological polar surface area (TPSA) is 92.3 Å². The van der Waals surface area contributed by atoms with Gasteiger partial charge in [0, 0.05) is 6.08 Å². The summed E-state index contributed by atoms with van der Waals surface area (Å²) < 4.78 is 27.1. The molecule has 37 heavy (non-hydrogen) atoms. The van der Waals surface area contributed by atoms with E-state index in [1.807, 2.05) is 0 Å². The summed E-state index contributed by atoms with van der Waals surface area (Å²) in [5.74, 6) is 1.17. The van der Waals surface area contributed by atoms with Crippen molar-refractivity contribution < 1.29 is 33.3 Å². The molecule has 1 unspecified atom stereocenters. The third-order valence-electron chi connectivity index (χ3n) is 4.97. The van der Waals surface area contributed by atoms with Gasteiger partial charge in [0.25, 0.3) is 0 Å². The molecule has 0 radical (unpaired) electrons. The number of hydrogen-bond acceptors (Lipinski definition) is 7. The molecule has 0 aromatic heterocycles. The molecule has 1 atom stereocenters. The lowest BCUT2D eigenvalue weighted by Crippen LogP contribution is -2.29. The Morgan fingerprint density at radius 1 is 0.838 bits per heavy atom. The highest BCUT2D eigenvalue weighted by molar-refractivity contribution is 5.92. The number of hydrogen-bond donors (Lipinski definition) is 1. The van der Waals surface area contributed by atoms with Crippen LogP contribution in [-0.2, 0) is 14.3 Å². The number of esters is 1. The van der Waals surface area contributed by atoms with E-state index < -0.39 is 17.9 Å². The van der Waals surface area contributed by atoms with Crippen molar-refractivity contribution in [3.8, 4) is 23.0 Å². The number of ether oxygens (including phenoxy) is 5. The Labute approximate surface area is 217 Å². The van der Waals surface area contributed by atoms with Crippen LogP contribution in [0.2, 0.25) is 0 Å². The molecule has 0 fully saturated rings. The summed E-state index contributed by atoms with van der Waals surface area (Å²) in [6, 6.07) is 9.82. The van der Waals surface area contributed by atoms with Crippen molar-refractivity contribution in [2.24, 2.45) is 0 Å². The summed E-state index contributed by atoms with van der Waals surface area (Å²) in [5.41, 5.74) is 1.37. The Bertz CT molecular complexity index is 1120. The number of amides is 1. The van der Waals surface area contributed by atoms with Gasteiger partial charge in [-0.1, -0.05) is 50.1 Å². The zero-order chi connectivity index (χ0) is 27.0. The van der Waals surface area contributed by atoms with E-state index in [-0.39, 0.29) is 6.42 Å². The highest BCUT2D eigenvalue weighted by Gasteiger charge is 2.20. The van der Waals surface area contributed by atoms with Crippen molar-refractivity contribution in [3.63, 3.8) is 0 Å². The predicted molar refractivity (Wildman–Crippen MR) is 143 cm³/mol. The molecule has 2 aromatic carbocycles. The zero-order valence-electron chi connectivity index (χ0n) is 21.2. The van der Waals surface area contributed by atoms with Gasteiger partial charge in [0.2, 0.25) is 5.91 Å². The Kier molecular flexibility index (Phi) is 12.1. The van der Waals surface area contributed by atoms with Crippen LogP contribution in [0.3, 0.4) is 0 Å². The quantitative estimate of drug-likeness (QED) is 0.198. The summed E-state index contributed by atoms with van der Waals surface area (Å²) in [4.78, 5) is 24.9. The molecule has 0 heterocycles. The van der Waals surface area contributed by atoms with Gasteiger partial charge in [-0.2, -0.15) is 0 Å². The van der Waals surface area contributed by atoms with Gasteiger partial charge in [0.15, 0.2) is 23.0 Å². The second-order valence-electron chi connectivity index (χ2n) is 7.59. The maximum absolute atomic E-state index is 12.8. The fourth-order valence-corrected chi connectivity index (χ4v) is 3.22. The number of carbonyl (C=O) groups excluding carboxylic acids is 2. The number of methoxy groups -OCH3 is 2. The van der Waals surface area contributed by atoms with Gasteiger partial charge in [-0.15, -0.1) is 0 Å². The van der Waals surface area contributed by atoms with Crippen LogP contribution in [0.1, 0.15) is 23.6 Å². The fourth-order valence-electron chi connectivity index (χ4n) is 3.22. The van der Waals surface area contributed by atoms with E-state index in [9.17, 15) is 9.59 Å². The smallest absolute Gasteiger partial charge is 0.307 e. The van der Waals surface area contributed by atoms with E-state index in [0.29, 0.717) is 48.4 Å². The third kappa shape index (κ3) is 9.25. The van der Waals surface area contributed by atoms with Gasteiger partial charge in [-0.05, 0) is 41.5 Å². The molecule has 0 saturated heterocycles. The molecular weight excluding hydrogens is 474 g/mol. The van der Waals surface area contributed by atoms with Gasteiger partial charge in [-0.25, -0.2) is 0 Å². The highest BCUT2D eigenvalue weighted by Crippen LogP contribution is 2.32. The molecule has 1 N–H and O–H groups in total. The molecule has 0 aliphatic rings. The lowest BCUT2D eigenvalue weighted by molar-refractivity contribution is -0.141. The van der Waals surface area contributed by atoms with Crippen LogP contribution in [0, 0.1) is 0 Å². The monoisotopic (exact) mass is 507 g/mol. The number of nitrogens with one attached hydrogen (secondary N) is 1. The van der Waals surface area contributed by atoms with Gasteiger partial charge >= 0.3 is 5.97 Å². The molecule has 0 bridgehead atoms. The molecular formula is C29H33NO7. The average molecular weight is 508 g/mol. The summed E-state index contributed by atoms with van der Waals surface area (Å²) in [7, 11) is 2.81. The van der Waals surface area contributed by atoms with Crippen molar-refractivity contribution >= 4 is 18.0 Å². The fraction of sp³-hybridized carbons (Fsp3) is 0.241. The van der Waals surface area contributed by atoms with E-state index in [2.05, 4.69) is 25.1 Å². The van der Waals surface area contributed by atoms with Gasteiger partial charge in [-0.3, -0.25) is 9.59 Å². The van der Waals surface area contributed by atoms with Crippen molar-refractivity contribution in [1.29, 1.82) is 0 Å².